The quantitative estimate of drug-likeness (QED) is 0.612. The topological polar surface area (TPSA) is 20.3 Å². The van der Waals surface area contributed by atoms with Gasteiger partial charge in [0.1, 0.15) is 0 Å². The van der Waals surface area contributed by atoms with Crippen molar-refractivity contribution in [2.45, 2.75) is 19.4 Å². The number of benzene rings is 3. The third-order valence-electron chi connectivity index (χ3n) is 4.90. The molecule has 4 rings (SSSR count). The Balaban J connectivity index is 1.79. The second-order valence-electron chi connectivity index (χ2n) is 6.71. The first-order chi connectivity index (χ1) is 12.7. The third-order valence-corrected chi connectivity index (χ3v) is 4.90. The number of carbonyl (C=O) groups excluding carboxylic acids is 1. The standard InChI is InChI=1S/C24H21NO/c1-18-12-14-22(15-13-18)25-23(20-10-6-3-7-11-20)16-21(17-24(25)26)19-8-4-2-5-9-19/h2-15,17,23H,16H2,1H3. The number of anilines is 1. The molecule has 1 amide bonds. The zero-order valence-corrected chi connectivity index (χ0v) is 14.8. The van der Waals surface area contributed by atoms with Crippen molar-refractivity contribution in [3.05, 3.63) is 108 Å². The molecule has 0 aromatic heterocycles. The predicted molar refractivity (Wildman–Crippen MR) is 107 cm³/mol. The van der Waals surface area contributed by atoms with Crippen molar-refractivity contribution in [2.24, 2.45) is 0 Å². The highest BCUT2D eigenvalue weighted by Crippen LogP contribution is 2.39. The summed E-state index contributed by atoms with van der Waals surface area (Å²) in [5, 5.41) is 0. The molecule has 0 saturated carbocycles. The number of carbonyl (C=O) groups is 1. The molecule has 3 aromatic carbocycles. The Morgan fingerprint density at radius 2 is 1.42 bits per heavy atom. The fourth-order valence-electron chi connectivity index (χ4n) is 3.54. The predicted octanol–water partition coefficient (Wildman–Crippen LogP) is 5.56. The number of aryl methyl sites for hydroxylation is 1. The normalized spacial score (nSPS) is 17.1. The molecule has 2 nitrogen and oxygen atoms in total. The molecule has 3 aromatic rings. The lowest BCUT2D eigenvalue weighted by Crippen LogP contribution is -2.37. The molecule has 0 saturated heterocycles. The first-order valence-corrected chi connectivity index (χ1v) is 8.93. The first-order valence-electron chi connectivity index (χ1n) is 8.93. The maximum atomic E-state index is 13.1. The van der Waals surface area contributed by atoms with Crippen LogP contribution in [0.2, 0.25) is 0 Å². The third kappa shape index (κ3) is 3.18. The van der Waals surface area contributed by atoms with Gasteiger partial charge in [-0.25, -0.2) is 0 Å². The van der Waals surface area contributed by atoms with Crippen molar-refractivity contribution < 1.29 is 4.79 Å². The van der Waals surface area contributed by atoms with Crippen LogP contribution < -0.4 is 4.90 Å². The van der Waals surface area contributed by atoms with E-state index in [0.717, 1.165) is 28.8 Å². The van der Waals surface area contributed by atoms with E-state index in [-0.39, 0.29) is 11.9 Å². The monoisotopic (exact) mass is 339 g/mol. The minimum absolute atomic E-state index is 0.00777. The van der Waals surface area contributed by atoms with E-state index in [1.165, 1.54) is 5.56 Å². The molecular weight excluding hydrogens is 318 g/mol. The summed E-state index contributed by atoms with van der Waals surface area (Å²) < 4.78 is 0. The Kier molecular flexibility index (Phi) is 4.40. The van der Waals surface area contributed by atoms with Crippen molar-refractivity contribution >= 4 is 17.2 Å². The molecule has 0 aliphatic carbocycles. The second-order valence-corrected chi connectivity index (χ2v) is 6.71. The van der Waals surface area contributed by atoms with Crippen molar-refractivity contribution in [1.29, 1.82) is 0 Å². The smallest absolute Gasteiger partial charge is 0.251 e. The van der Waals surface area contributed by atoms with Gasteiger partial charge in [0, 0.05) is 11.8 Å². The summed E-state index contributed by atoms with van der Waals surface area (Å²) >= 11 is 0. The van der Waals surface area contributed by atoms with E-state index in [1.807, 2.05) is 53.4 Å². The van der Waals surface area contributed by atoms with Gasteiger partial charge in [-0.3, -0.25) is 4.79 Å². The maximum absolute atomic E-state index is 13.1. The van der Waals surface area contributed by atoms with Crippen LogP contribution in [-0.2, 0) is 4.79 Å². The van der Waals surface area contributed by atoms with Gasteiger partial charge in [0.2, 0.25) is 0 Å². The van der Waals surface area contributed by atoms with Crippen LogP contribution in [0.3, 0.4) is 0 Å². The van der Waals surface area contributed by atoms with Gasteiger partial charge < -0.3 is 4.90 Å². The molecule has 1 heterocycles. The Morgan fingerprint density at radius 1 is 0.808 bits per heavy atom. The molecule has 1 aliphatic heterocycles. The van der Waals surface area contributed by atoms with Crippen LogP contribution >= 0.6 is 0 Å². The van der Waals surface area contributed by atoms with Gasteiger partial charge >= 0.3 is 0 Å². The van der Waals surface area contributed by atoms with Gasteiger partial charge in [-0.2, -0.15) is 0 Å². The average molecular weight is 339 g/mol. The Labute approximate surface area is 154 Å². The molecule has 0 fully saturated rings. The summed E-state index contributed by atoms with van der Waals surface area (Å²) in [7, 11) is 0. The summed E-state index contributed by atoms with van der Waals surface area (Å²) in [4.78, 5) is 15.0. The van der Waals surface area contributed by atoms with E-state index < -0.39 is 0 Å². The zero-order valence-electron chi connectivity index (χ0n) is 14.8. The SMILES string of the molecule is Cc1ccc(N2C(=O)C=C(c3ccccc3)CC2c2ccccc2)cc1. The summed E-state index contributed by atoms with van der Waals surface area (Å²) in [6.07, 6.45) is 2.59. The fraction of sp³-hybridized carbons (Fsp3) is 0.125. The van der Waals surface area contributed by atoms with Gasteiger partial charge in [0.05, 0.1) is 6.04 Å². The summed E-state index contributed by atoms with van der Waals surface area (Å²) in [5.41, 5.74) is 5.49. The minimum Gasteiger partial charge on any atom is -0.301 e. The molecule has 0 bridgehead atoms. The lowest BCUT2D eigenvalue weighted by Gasteiger charge is -2.36. The van der Waals surface area contributed by atoms with Crippen LogP contribution in [0.4, 0.5) is 5.69 Å². The minimum atomic E-state index is -0.00777. The van der Waals surface area contributed by atoms with E-state index in [1.54, 1.807) is 6.08 Å². The lowest BCUT2D eigenvalue weighted by atomic mass is 9.89. The number of rotatable bonds is 3. The largest absolute Gasteiger partial charge is 0.301 e. The van der Waals surface area contributed by atoms with Gasteiger partial charge in [0.25, 0.3) is 5.91 Å². The van der Waals surface area contributed by atoms with Gasteiger partial charge in [0.15, 0.2) is 0 Å². The number of hydrogen-bond donors (Lipinski definition) is 0. The Hall–Kier alpha value is -3.13. The number of nitrogens with zero attached hydrogens (tertiary/aromatic N) is 1. The first kappa shape index (κ1) is 16.3. The lowest BCUT2D eigenvalue weighted by molar-refractivity contribution is -0.114. The summed E-state index contributed by atoms with van der Waals surface area (Å²) in [5.74, 6) is 0.0350. The van der Waals surface area contributed by atoms with Gasteiger partial charge in [-0.05, 0) is 42.2 Å². The van der Waals surface area contributed by atoms with Crippen LogP contribution in [0.5, 0.6) is 0 Å². The fourth-order valence-corrected chi connectivity index (χ4v) is 3.54. The number of hydrogen-bond acceptors (Lipinski definition) is 1. The molecule has 128 valence electrons. The summed E-state index contributed by atoms with van der Waals surface area (Å²) in [6.45, 7) is 2.06. The molecule has 0 radical (unpaired) electrons. The molecule has 2 heteroatoms. The molecule has 1 atom stereocenters. The van der Waals surface area contributed by atoms with Gasteiger partial charge in [-0.1, -0.05) is 78.4 Å². The van der Waals surface area contributed by atoms with Gasteiger partial charge in [-0.15, -0.1) is 0 Å². The molecular formula is C24H21NO. The highest BCUT2D eigenvalue weighted by atomic mass is 16.2. The van der Waals surface area contributed by atoms with E-state index in [4.69, 9.17) is 0 Å². The highest BCUT2D eigenvalue weighted by Gasteiger charge is 2.31. The Morgan fingerprint density at radius 3 is 2.08 bits per heavy atom. The maximum Gasteiger partial charge on any atom is 0.251 e. The second kappa shape index (κ2) is 7.01. The molecule has 0 N–H and O–H groups in total. The van der Waals surface area contributed by atoms with Crippen molar-refractivity contribution in [1.82, 2.24) is 0 Å². The van der Waals surface area contributed by atoms with Crippen molar-refractivity contribution in [3.63, 3.8) is 0 Å². The Bertz CT molecular complexity index is 927. The average Bonchev–Trinajstić information content (AvgIpc) is 2.70. The van der Waals surface area contributed by atoms with E-state index in [2.05, 4.69) is 43.3 Å². The zero-order chi connectivity index (χ0) is 17.9. The molecule has 1 unspecified atom stereocenters. The van der Waals surface area contributed by atoms with Crippen LogP contribution in [0, 0.1) is 6.92 Å². The van der Waals surface area contributed by atoms with Crippen LogP contribution in [0.15, 0.2) is 91.0 Å². The van der Waals surface area contributed by atoms with E-state index in [9.17, 15) is 4.79 Å². The van der Waals surface area contributed by atoms with Crippen molar-refractivity contribution in [3.8, 4) is 0 Å². The van der Waals surface area contributed by atoms with Crippen molar-refractivity contribution in [2.75, 3.05) is 4.90 Å². The van der Waals surface area contributed by atoms with E-state index >= 15 is 0 Å². The highest BCUT2D eigenvalue weighted by molar-refractivity contribution is 6.08. The molecule has 1 aliphatic rings. The number of amides is 1. The van der Waals surface area contributed by atoms with E-state index in [0.29, 0.717) is 0 Å². The molecule has 0 spiro atoms. The molecule has 26 heavy (non-hydrogen) atoms. The van der Waals surface area contributed by atoms with Crippen LogP contribution in [0.25, 0.3) is 5.57 Å². The van der Waals surface area contributed by atoms with Crippen LogP contribution in [0.1, 0.15) is 29.2 Å². The van der Waals surface area contributed by atoms with Crippen LogP contribution in [-0.4, -0.2) is 5.91 Å². The summed E-state index contributed by atoms with van der Waals surface area (Å²) in [6, 6.07) is 28.6.